The molecule has 1 amide bonds. The van der Waals surface area contributed by atoms with Crippen molar-refractivity contribution >= 4 is 11.5 Å². The Hall–Kier alpha value is -3.86. The molecule has 194 valence electrons. The van der Waals surface area contributed by atoms with Crippen molar-refractivity contribution in [2.24, 2.45) is 0 Å². The van der Waals surface area contributed by atoms with Crippen molar-refractivity contribution in [3.05, 3.63) is 107 Å². The van der Waals surface area contributed by atoms with Crippen molar-refractivity contribution in [1.29, 1.82) is 0 Å². The number of pyridine rings is 1. The molecule has 0 saturated heterocycles. The van der Waals surface area contributed by atoms with Crippen LogP contribution in [0.3, 0.4) is 0 Å². The molecule has 1 heterocycles. The van der Waals surface area contributed by atoms with E-state index in [-0.39, 0.29) is 11.9 Å². The summed E-state index contributed by atoms with van der Waals surface area (Å²) >= 11 is 0. The summed E-state index contributed by atoms with van der Waals surface area (Å²) in [6.45, 7) is 6.34. The second-order valence-electron chi connectivity index (χ2n) is 9.44. The number of nitrogens with zero attached hydrogens (tertiary/aromatic N) is 1. The van der Waals surface area contributed by atoms with Gasteiger partial charge in [0.2, 0.25) is 5.91 Å². The van der Waals surface area contributed by atoms with Gasteiger partial charge in [0, 0.05) is 24.0 Å². The number of ether oxygens (including phenoxy) is 2. The fourth-order valence-electron chi connectivity index (χ4n) is 4.03. The summed E-state index contributed by atoms with van der Waals surface area (Å²) in [4.78, 5) is 17.1. The first-order valence-electron chi connectivity index (χ1n) is 12.8. The van der Waals surface area contributed by atoms with Gasteiger partial charge in [-0.2, -0.15) is 0 Å². The van der Waals surface area contributed by atoms with Crippen LogP contribution in [0.4, 0.5) is 0 Å². The fraction of sp³-hybridized carbons (Fsp3) is 0.312. The van der Waals surface area contributed by atoms with Crippen LogP contribution in [0.2, 0.25) is 0 Å². The van der Waals surface area contributed by atoms with E-state index < -0.39 is 0 Å². The van der Waals surface area contributed by atoms with Gasteiger partial charge in [0.1, 0.15) is 11.5 Å². The minimum atomic E-state index is -0.101. The van der Waals surface area contributed by atoms with Gasteiger partial charge in [-0.3, -0.25) is 9.78 Å². The molecule has 3 rings (SSSR count). The van der Waals surface area contributed by atoms with Gasteiger partial charge in [-0.1, -0.05) is 56.3 Å². The van der Waals surface area contributed by atoms with Crippen LogP contribution in [-0.2, 0) is 11.2 Å². The molecule has 0 saturated carbocycles. The third kappa shape index (κ3) is 8.64. The standard InChI is InChI=1S/C32H38N2O3/c1-23(2)31-21-12-25(22-33-31)9-6-8-24(3)34-32(35)11-7-10-30(26-13-17-28(36-4)18-14-26)27-15-19-29(37-5)20-16-27/h7,10-24H,6,8-9H2,1-5H3,(H,34,35)/b11-7+/t24-/m1/s1. The summed E-state index contributed by atoms with van der Waals surface area (Å²) < 4.78 is 10.6. The van der Waals surface area contributed by atoms with E-state index in [0.29, 0.717) is 5.92 Å². The molecule has 37 heavy (non-hydrogen) atoms. The van der Waals surface area contributed by atoms with Crippen molar-refractivity contribution in [1.82, 2.24) is 10.3 Å². The zero-order valence-corrected chi connectivity index (χ0v) is 22.5. The largest absolute Gasteiger partial charge is 0.497 e. The Morgan fingerprint density at radius 3 is 1.97 bits per heavy atom. The topological polar surface area (TPSA) is 60.5 Å². The summed E-state index contributed by atoms with van der Waals surface area (Å²) in [5.74, 6) is 1.93. The highest BCUT2D eigenvalue weighted by molar-refractivity contribution is 5.89. The molecule has 0 aliphatic rings. The number of aryl methyl sites for hydroxylation is 1. The molecule has 1 atom stereocenters. The highest BCUT2D eigenvalue weighted by Gasteiger charge is 2.08. The summed E-state index contributed by atoms with van der Waals surface area (Å²) in [7, 11) is 3.30. The number of amides is 1. The molecule has 0 aliphatic heterocycles. The first-order valence-corrected chi connectivity index (χ1v) is 12.8. The lowest BCUT2D eigenvalue weighted by molar-refractivity contribution is -0.117. The smallest absolute Gasteiger partial charge is 0.244 e. The molecule has 2 aromatic carbocycles. The number of nitrogens with one attached hydrogen (secondary N) is 1. The number of allylic oxidation sites excluding steroid dienone is 2. The van der Waals surface area contributed by atoms with Crippen LogP contribution in [-0.4, -0.2) is 31.2 Å². The van der Waals surface area contributed by atoms with Gasteiger partial charge in [0.15, 0.2) is 0 Å². The third-order valence-electron chi connectivity index (χ3n) is 6.24. The number of methoxy groups -OCH3 is 2. The van der Waals surface area contributed by atoms with Crippen LogP contribution >= 0.6 is 0 Å². The van der Waals surface area contributed by atoms with Crippen molar-refractivity contribution in [2.75, 3.05) is 14.2 Å². The van der Waals surface area contributed by atoms with Gasteiger partial charge in [0.05, 0.1) is 14.2 Å². The van der Waals surface area contributed by atoms with Gasteiger partial charge in [-0.05, 0) is 84.7 Å². The quantitative estimate of drug-likeness (QED) is 0.222. The molecule has 0 unspecified atom stereocenters. The second kappa shape index (κ2) is 14.0. The molecule has 5 nitrogen and oxygen atoms in total. The minimum absolute atomic E-state index is 0.0895. The van der Waals surface area contributed by atoms with Crippen molar-refractivity contribution in [2.45, 2.75) is 52.0 Å². The second-order valence-corrected chi connectivity index (χ2v) is 9.44. The van der Waals surface area contributed by atoms with E-state index in [1.54, 1.807) is 26.4 Å². The first kappa shape index (κ1) is 27.7. The van der Waals surface area contributed by atoms with Crippen molar-refractivity contribution in [3.63, 3.8) is 0 Å². The average molecular weight is 499 g/mol. The average Bonchev–Trinajstić information content (AvgIpc) is 2.91. The number of hydrogen-bond acceptors (Lipinski definition) is 4. The molecule has 0 radical (unpaired) electrons. The number of carbonyl (C=O) groups excluding carboxylic acids is 1. The van der Waals surface area contributed by atoms with Gasteiger partial charge < -0.3 is 14.8 Å². The Morgan fingerprint density at radius 1 is 0.892 bits per heavy atom. The van der Waals surface area contributed by atoms with Crippen LogP contribution in [0.15, 0.2) is 85.1 Å². The summed E-state index contributed by atoms with van der Waals surface area (Å²) in [6.07, 6.45) is 10.2. The molecule has 0 spiro atoms. The maximum atomic E-state index is 12.5. The van der Waals surface area contributed by atoms with Crippen LogP contribution < -0.4 is 14.8 Å². The Kier molecular flexibility index (Phi) is 10.5. The SMILES string of the molecule is COc1ccc(C(=C/C=C/C(=O)N[C@H](C)CCCc2ccc(C(C)C)nc2)c2ccc(OC)cc2)cc1. The monoisotopic (exact) mass is 498 g/mol. The van der Waals surface area contributed by atoms with Crippen LogP contribution in [0.5, 0.6) is 11.5 Å². The maximum Gasteiger partial charge on any atom is 0.244 e. The highest BCUT2D eigenvalue weighted by Crippen LogP contribution is 2.27. The zero-order valence-electron chi connectivity index (χ0n) is 22.5. The van der Waals surface area contributed by atoms with E-state index in [0.717, 1.165) is 53.2 Å². The predicted molar refractivity (Wildman–Crippen MR) is 151 cm³/mol. The van der Waals surface area contributed by atoms with E-state index in [1.165, 1.54) is 5.56 Å². The van der Waals surface area contributed by atoms with Crippen LogP contribution in [0.1, 0.15) is 61.9 Å². The summed E-state index contributed by atoms with van der Waals surface area (Å²) in [6, 6.07) is 20.1. The van der Waals surface area contributed by atoms with E-state index >= 15 is 0 Å². The number of hydrogen-bond donors (Lipinski definition) is 1. The zero-order chi connectivity index (χ0) is 26.6. The molecule has 1 aromatic heterocycles. The molecule has 5 heteroatoms. The van der Waals surface area contributed by atoms with Crippen molar-refractivity contribution < 1.29 is 14.3 Å². The molecule has 0 fully saturated rings. The number of benzene rings is 2. The molecule has 0 bridgehead atoms. The Labute approximate surface area is 221 Å². The summed E-state index contributed by atoms with van der Waals surface area (Å²) in [5.41, 5.74) is 5.41. The van der Waals surface area contributed by atoms with Crippen LogP contribution in [0.25, 0.3) is 5.57 Å². The Bertz CT molecular complexity index is 1130. The lowest BCUT2D eigenvalue weighted by Crippen LogP contribution is -2.31. The van der Waals surface area contributed by atoms with Gasteiger partial charge in [-0.25, -0.2) is 0 Å². The van der Waals surface area contributed by atoms with E-state index in [4.69, 9.17) is 9.47 Å². The number of rotatable bonds is 12. The molecule has 1 N–H and O–H groups in total. The normalized spacial score (nSPS) is 11.8. The third-order valence-corrected chi connectivity index (χ3v) is 6.24. The first-order chi connectivity index (χ1) is 17.9. The highest BCUT2D eigenvalue weighted by atomic mass is 16.5. The Morgan fingerprint density at radius 2 is 1.49 bits per heavy atom. The molecule has 0 aliphatic carbocycles. The van der Waals surface area contributed by atoms with Gasteiger partial charge in [0.25, 0.3) is 0 Å². The van der Waals surface area contributed by atoms with Gasteiger partial charge >= 0.3 is 0 Å². The van der Waals surface area contributed by atoms with E-state index in [1.807, 2.05) is 67.7 Å². The lowest BCUT2D eigenvalue weighted by Gasteiger charge is -2.12. The Balaban J connectivity index is 1.59. The minimum Gasteiger partial charge on any atom is -0.497 e. The fourth-order valence-corrected chi connectivity index (χ4v) is 4.03. The summed E-state index contributed by atoms with van der Waals surface area (Å²) in [5, 5.41) is 3.07. The van der Waals surface area contributed by atoms with Crippen molar-refractivity contribution in [3.8, 4) is 11.5 Å². The van der Waals surface area contributed by atoms with E-state index in [9.17, 15) is 4.79 Å². The number of aromatic nitrogens is 1. The maximum absolute atomic E-state index is 12.5. The van der Waals surface area contributed by atoms with Gasteiger partial charge in [-0.15, -0.1) is 0 Å². The lowest BCUT2D eigenvalue weighted by atomic mass is 9.97. The number of carbonyl (C=O) groups is 1. The molecule has 3 aromatic rings. The molecular weight excluding hydrogens is 460 g/mol. The van der Waals surface area contributed by atoms with E-state index in [2.05, 4.69) is 36.3 Å². The van der Waals surface area contributed by atoms with Crippen LogP contribution in [0, 0.1) is 0 Å². The predicted octanol–water partition coefficient (Wildman–Crippen LogP) is 6.74. The molecular formula is C32H38N2O3.